The van der Waals surface area contributed by atoms with Crippen LogP contribution in [0, 0.1) is 0 Å². The molecular weight excluding hydrogens is 774 g/mol. The highest BCUT2D eigenvalue weighted by Crippen LogP contribution is 2.42. The van der Waals surface area contributed by atoms with Crippen molar-refractivity contribution in [3.63, 3.8) is 0 Å². The molecule has 53 heavy (non-hydrogen) atoms. The van der Waals surface area contributed by atoms with Crippen molar-refractivity contribution in [3.05, 3.63) is 146 Å². The number of benzene rings is 5. The quantitative estimate of drug-likeness (QED) is 0.0536. The number of hydrogen-bond donors (Lipinski definition) is 1. The van der Waals surface area contributed by atoms with Gasteiger partial charge in [0.15, 0.2) is 0 Å². The Morgan fingerprint density at radius 1 is 0.566 bits per heavy atom. The molecule has 0 aliphatic rings. The number of anilines is 4. The summed E-state index contributed by atoms with van der Waals surface area (Å²) in [6.07, 6.45) is 3.36. The second-order valence-corrected chi connectivity index (χ2v) is 15.5. The van der Waals surface area contributed by atoms with E-state index in [2.05, 4.69) is 9.80 Å². The highest BCUT2D eigenvalue weighted by molar-refractivity contribution is 7.85. The Hall–Kier alpha value is -3.31. The second kappa shape index (κ2) is 19.3. The summed E-state index contributed by atoms with van der Waals surface area (Å²) in [5, 5.41) is 2.11. The van der Waals surface area contributed by atoms with Gasteiger partial charge in [0.05, 0.1) is 36.4 Å². The van der Waals surface area contributed by atoms with Gasteiger partial charge >= 0.3 is 0 Å². The first-order chi connectivity index (χ1) is 25.5. The number of ether oxygens (including phenoxy) is 2. The third-order valence-corrected chi connectivity index (χ3v) is 11.1. The summed E-state index contributed by atoms with van der Waals surface area (Å²) in [4.78, 5) is 4.01. The molecule has 5 aromatic rings. The van der Waals surface area contributed by atoms with Gasteiger partial charge in [-0.25, -0.2) is 0 Å². The van der Waals surface area contributed by atoms with Gasteiger partial charge in [-0.3, -0.25) is 4.55 Å². The molecule has 1 N–H and O–H groups in total. The number of rotatable bonds is 18. The topological polar surface area (TPSA) is 79.3 Å². The van der Waals surface area contributed by atoms with Crippen LogP contribution in [0.5, 0.6) is 0 Å². The number of methoxy groups -OCH3 is 2. The number of hydrogen-bond acceptors (Lipinski definition) is 6. The lowest BCUT2D eigenvalue weighted by molar-refractivity contribution is 0.193. The highest BCUT2D eigenvalue weighted by Gasteiger charge is 2.26. The second-order valence-electron chi connectivity index (χ2n) is 12.5. The van der Waals surface area contributed by atoms with E-state index in [0.29, 0.717) is 63.3 Å². The van der Waals surface area contributed by atoms with Crippen LogP contribution in [0.2, 0.25) is 20.1 Å². The van der Waals surface area contributed by atoms with Gasteiger partial charge in [0.2, 0.25) is 0 Å². The van der Waals surface area contributed by atoms with E-state index in [9.17, 15) is 13.0 Å². The van der Waals surface area contributed by atoms with Crippen LogP contribution in [-0.2, 0) is 19.6 Å². The SMILES string of the molecule is COCCCCN(c1ccc(C(c2ccc(N(CCCCOC)c3c(Cl)cccc3Cl)cc2)c2ccccc2S(=O)(=O)O)cc1)c1c(Cl)cccc1Cl. The van der Waals surface area contributed by atoms with Gasteiger partial charge in [-0.2, -0.15) is 8.42 Å². The molecule has 0 spiro atoms. The average Bonchev–Trinajstić information content (AvgIpc) is 3.14. The molecule has 5 aromatic carbocycles. The van der Waals surface area contributed by atoms with Crippen molar-refractivity contribution in [2.45, 2.75) is 36.5 Å². The summed E-state index contributed by atoms with van der Waals surface area (Å²) in [6.45, 7) is 2.54. The third kappa shape index (κ3) is 10.3. The van der Waals surface area contributed by atoms with Gasteiger partial charge in [0.1, 0.15) is 0 Å². The minimum absolute atomic E-state index is 0.164. The Morgan fingerprint density at radius 2 is 0.962 bits per heavy atom. The Morgan fingerprint density at radius 3 is 1.34 bits per heavy atom. The molecule has 280 valence electrons. The van der Waals surface area contributed by atoms with Crippen LogP contribution >= 0.6 is 46.4 Å². The average molecular weight is 817 g/mol. The number of halogens is 4. The molecule has 0 saturated carbocycles. The van der Waals surface area contributed by atoms with Crippen molar-refractivity contribution in [1.29, 1.82) is 0 Å². The number of para-hydroxylation sites is 2. The van der Waals surface area contributed by atoms with E-state index in [1.165, 1.54) is 6.07 Å². The molecule has 5 rings (SSSR count). The molecule has 0 aromatic heterocycles. The molecule has 0 radical (unpaired) electrons. The lowest BCUT2D eigenvalue weighted by Gasteiger charge is -2.29. The van der Waals surface area contributed by atoms with Crippen molar-refractivity contribution in [1.82, 2.24) is 0 Å². The third-order valence-electron chi connectivity index (χ3n) is 8.96. The largest absolute Gasteiger partial charge is 0.385 e. The van der Waals surface area contributed by atoms with Crippen LogP contribution in [0.4, 0.5) is 22.7 Å². The molecule has 7 nitrogen and oxygen atoms in total. The zero-order valence-corrected chi connectivity index (χ0v) is 33.4. The minimum Gasteiger partial charge on any atom is -0.385 e. The van der Waals surface area contributed by atoms with Crippen LogP contribution in [0.3, 0.4) is 0 Å². The molecule has 0 aliphatic carbocycles. The molecule has 0 unspecified atom stereocenters. The Balaban J connectivity index is 1.58. The molecule has 0 atom stereocenters. The fourth-order valence-corrected chi connectivity index (χ4v) is 8.40. The maximum Gasteiger partial charge on any atom is 0.294 e. The van der Waals surface area contributed by atoms with E-state index in [0.717, 1.165) is 48.2 Å². The number of unbranched alkanes of at least 4 members (excludes halogenated alkanes) is 2. The summed E-state index contributed by atoms with van der Waals surface area (Å²) in [6, 6.07) is 33.1. The molecule has 0 saturated heterocycles. The van der Waals surface area contributed by atoms with Gasteiger partial charge < -0.3 is 19.3 Å². The fraction of sp³-hybridized carbons (Fsp3) is 0.268. The van der Waals surface area contributed by atoms with Crippen LogP contribution in [0.15, 0.2) is 114 Å². The first kappa shape index (κ1) is 40.9. The van der Waals surface area contributed by atoms with Gasteiger partial charge in [-0.15, -0.1) is 0 Å². The Labute approximate surface area is 332 Å². The summed E-state index contributed by atoms with van der Waals surface area (Å²) >= 11 is 26.8. The monoisotopic (exact) mass is 814 g/mol. The van der Waals surface area contributed by atoms with E-state index in [1.807, 2.05) is 84.9 Å². The Bertz CT molecular complexity index is 1910. The van der Waals surface area contributed by atoms with Crippen molar-refractivity contribution < 1.29 is 22.4 Å². The zero-order valence-electron chi connectivity index (χ0n) is 29.5. The molecule has 0 aliphatic heterocycles. The maximum atomic E-state index is 12.7. The summed E-state index contributed by atoms with van der Waals surface area (Å²) in [5.41, 5.74) is 5.19. The predicted molar refractivity (Wildman–Crippen MR) is 219 cm³/mol. The van der Waals surface area contributed by atoms with Gasteiger partial charge in [-0.05, 0) is 97.0 Å². The van der Waals surface area contributed by atoms with E-state index in [4.69, 9.17) is 55.9 Å². The normalized spacial score (nSPS) is 11.6. The molecule has 0 amide bonds. The molecule has 0 heterocycles. The molecule has 0 bridgehead atoms. The van der Waals surface area contributed by atoms with Crippen LogP contribution < -0.4 is 9.80 Å². The van der Waals surface area contributed by atoms with Crippen LogP contribution in [0.25, 0.3) is 0 Å². The Kier molecular flexibility index (Phi) is 14.9. The van der Waals surface area contributed by atoms with Gasteiger partial charge in [-0.1, -0.05) is 101 Å². The fourth-order valence-electron chi connectivity index (χ4n) is 6.47. The standard InChI is InChI=1S/C41H42Cl4N2O5S/c1-51-27-7-5-25-46(40-34(42)12-9-13-35(40)43)31-21-17-29(18-22-31)39(33-11-3-4-16-38(33)53(48,49)50)30-19-23-32(24-20-30)47(26-6-8-28-52-2)41-36(44)14-10-15-37(41)45/h3-4,9-24,39H,5-8,25-28H2,1-2H3,(H,48,49,50). The van der Waals surface area contributed by atoms with Crippen molar-refractivity contribution >= 4 is 79.3 Å². The van der Waals surface area contributed by atoms with E-state index in [1.54, 1.807) is 32.4 Å². The van der Waals surface area contributed by atoms with Gasteiger partial charge in [0, 0.05) is 57.8 Å². The molecular formula is C41H42Cl4N2O5S. The summed E-state index contributed by atoms with van der Waals surface area (Å²) in [5.74, 6) is -0.561. The minimum atomic E-state index is -4.55. The molecule has 0 fully saturated rings. The lowest BCUT2D eigenvalue weighted by atomic mass is 9.85. The highest BCUT2D eigenvalue weighted by atomic mass is 35.5. The van der Waals surface area contributed by atoms with E-state index < -0.39 is 16.0 Å². The van der Waals surface area contributed by atoms with Crippen molar-refractivity contribution in [2.75, 3.05) is 50.3 Å². The van der Waals surface area contributed by atoms with E-state index in [-0.39, 0.29) is 4.90 Å². The predicted octanol–water partition coefficient (Wildman–Crippen LogP) is 11.9. The van der Waals surface area contributed by atoms with Crippen LogP contribution in [-0.4, -0.2) is 53.5 Å². The summed E-state index contributed by atoms with van der Waals surface area (Å²) < 4.78 is 46.3. The zero-order chi connectivity index (χ0) is 38.0. The lowest BCUT2D eigenvalue weighted by Crippen LogP contribution is -2.20. The summed E-state index contributed by atoms with van der Waals surface area (Å²) in [7, 11) is -1.19. The first-order valence-electron chi connectivity index (χ1n) is 17.2. The smallest absolute Gasteiger partial charge is 0.294 e. The van der Waals surface area contributed by atoms with Crippen molar-refractivity contribution in [3.8, 4) is 0 Å². The van der Waals surface area contributed by atoms with E-state index >= 15 is 0 Å². The van der Waals surface area contributed by atoms with Gasteiger partial charge in [0.25, 0.3) is 10.1 Å². The number of nitrogens with zero attached hydrogens (tertiary/aromatic N) is 2. The first-order valence-corrected chi connectivity index (χ1v) is 20.2. The molecule has 12 heteroatoms. The van der Waals surface area contributed by atoms with Crippen molar-refractivity contribution in [2.24, 2.45) is 0 Å². The maximum absolute atomic E-state index is 12.7. The van der Waals surface area contributed by atoms with Crippen LogP contribution in [0.1, 0.15) is 48.3 Å².